The number of nitrogens with one attached hydrogen (secondary N) is 1. The maximum Gasteiger partial charge on any atom is 0.378 e. The fourth-order valence-corrected chi connectivity index (χ4v) is 1.47. The molecule has 20 heavy (non-hydrogen) atoms. The maximum absolute atomic E-state index is 11.9. The Bertz CT molecular complexity index is 448. The van der Waals surface area contributed by atoms with Crippen LogP contribution >= 0.6 is 0 Å². The summed E-state index contributed by atoms with van der Waals surface area (Å²) in [5.74, 6) is -1.03. The van der Waals surface area contributed by atoms with Crippen molar-refractivity contribution in [3.8, 4) is 0 Å². The van der Waals surface area contributed by atoms with Crippen LogP contribution in [0, 0.1) is 0 Å². The first-order valence-corrected chi connectivity index (χ1v) is 6.33. The van der Waals surface area contributed by atoms with Gasteiger partial charge in [0.2, 0.25) is 5.91 Å². The van der Waals surface area contributed by atoms with E-state index in [1.807, 2.05) is 0 Å². The Hall–Kier alpha value is -2.03. The van der Waals surface area contributed by atoms with Crippen molar-refractivity contribution >= 4 is 11.9 Å². The van der Waals surface area contributed by atoms with Crippen molar-refractivity contribution in [3.63, 3.8) is 0 Å². The normalized spacial score (nSPS) is 11.9. The fourth-order valence-electron chi connectivity index (χ4n) is 1.47. The summed E-state index contributed by atoms with van der Waals surface area (Å²) in [4.78, 5) is 23.5. The number of methoxy groups -OCH3 is 1. The summed E-state index contributed by atoms with van der Waals surface area (Å²) < 4.78 is 10.8. The van der Waals surface area contributed by atoms with Crippen LogP contribution in [0.1, 0.15) is 36.9 Å². The Morgan fingerprint density at radius 2 is 2.20 bits per heavy atom. The highest BCUT2D eigenvalue weighted by molar-refractivity contribution is 5.86. The largest absolute Gasteiger partial charge is 0.460 e. The van der Waals surface area contributed by atoms with Crippen LogP contribution in [0.3, 0.4) is 0 Å². The van der Waals surface area contributed by atoms with Crippen LogP contribution in [-0.4, -0.2) is 59.0 Å². The zero-order chi connectivity index (χ0) is 15.0. The van der Waals surface area contributed by atoms with Gasteiger partial charge < -0.3 is 14.8 Å². The number of nitrogens with zero attached hydrogens (tertiary/aromatic N) is 4. The molecular formula is C11H19N5O4. The lowest BCUT2D eigenvalue weighted by molar-refractivity contribution is -0.124. The molecule has 0 bridgehead atoms. The molecule has 0 fully saturated rings. The molecule has 0 aliphatic rings. The molecule has 1 amide bonds. The summed E-state index contributed by atoms with van der Waals surface area (Å²) in [5.41, 5.74) is 0. The average Bonchev–Trinajstić information content (AvgIpc) is 2.92. The smallest absolute Gasteiger partial charge is 0.378 e. The second-order valence-corrected chi connectivity index (χ2v) is 3.98. The second-order valence-electron chi connectivity index (χ2n) is 3.98. The lowest BCUT2D eigenvalue weighted by Gasteiger charge is -2.13. The maximum atomic E-state index is 11.9. The molecule has 1 atom stereocenters. The van der Waals surface area contributed by atoms with E-state index in [-0.39, 0.29) is 18.3 Å². The standard InChI is InChI=1S/C11H19N5O4/c1-4-20-11(18)9-13-14-15-16(9)8(2)10(17)12-6-5-7-19-3/h8H,4-7H2,1-3H3,(H,12,17). The van der Waals surface area contributed by atoms with E-state index < -0.39 is 12.0 Å². The third kappa shape index (κ3) is 4.26. The van der Waals surface area contributed by atoms with E-state index in [0.717, 1.165) is 4.68 Å². The number of aromatic nitrogens is 4. The van der Waals surface area contributed by atoms with Crippen molar-refractivity contribution in [1.29, 1.82) is 0 Å². The van der Waals surface area contributed by atoms with Gasteiger partial charge in [0, 0.05) is 20.3 Å². The van der Waals surface area contributed by atoms with Crippen molar-refractivity contribution in [2.75, 3.05) is 26.9 Å². The molecule has 0 saturated heterocycles. The number of carbonyl (C=O) groups is 2. The van der Waals surface area contributed by atoms with Crippen LogP contribution in [0.15, 0.2) is 0 Å². The summed E-state index contributed by atoms with van der Waals surface area (Å²) in [6.45, 7) is 4.54. The molecule has 0 aliphatic carbocycles. The number of hydrogen-bond acceptors (Lipinski definition) is 7. The van der Waals surface area contributed by atoms with E-state index in [4.69, 9.17) is 9.47 Å². The Morgan fingerprint density at radius 1 is 1.45 bits per heavy atom. The molecule has 9 nitrogen and oxygen atoms in total. The average molecular weight is 285 g/mol. The minimum atomic E-state index is -0.702. The van der Waals surface area contributed by atoms with Gasteiger partial charge in [-0.15, -0.1) is 5.10 Å². The highest BCUT2D eigenvalue weighted by atomic mass is 16.5. The first-order valence-electron chi connectivity index (χ1n) is 6.33. The zero-order valence-electron chi connectivity index (χ0n) is 11.8. The van der Waals surface area contributed by atoms with Gasteiger partial charge >= 0.3 is 5.97 Å². The minimum Gasteiger partial charge on any atom is -0.460 e. The third-order valence-electron chi connectivity index (χ3n) is 2.52. The molecule has 1 aromatic heterocycles. The van der Waals surface area contributed by atoms with Crippen molar-refractivity contribution in [2.24, 2.45) is 0 Å². The first kappa shape index (κ1) is 16.0. The van der Waals surface area contributed by atoms with Gasteiger partial charge in [-0.25, -0.2) is 9.48 Å². The van der Waals surface area contributed by atoms with Gasteiger partial charge in [-0.3, -0.25) is 4.79 Å². The monoisotopic (exact) mass is 285 g/mol. The second kappa shape index (κ2) is 8.20. The van der Waals surface area contributed by atoms with Crippen molar-refractivity contribution in [1.82, 2.24) is 25.5 Å². The molecule has 0 saturated carbocycles. The molecule has 1 unspecified atom stereocenters. The fraction of sp³-hybridized carbons (Fsp3) is 0.727. The number of amides is 1. The molecular weight excluding hydrogens is 266 g/mol. The number of hydrogen-bond donors (Lipinski definition) is 1. The predicted molar refractivity (Wildman–Crippen MR) is 68.0 cm³/mol. The predicted octanol–water partition coefficient (Wildman–Crippen LogP) is -0.436. The highest BCUT2D eigenvalue weighted by Crippen LogP contribution is 2.07. The Labute approximate surface area is 116 Å². The summed E-state index contributed by atoms with van der Waals surface area (Å²) in [7, 11) is 1.59. The summed E-state index contributed by atoms with van der Waals surface area (Å²) in [6, 6.07) is -0.702. The van der Waals surface area contributed by atoms with Gasteiger partial charge in [0.05, 0.1) is 6.61 Å². The topological polar surface area (TPSA) is 108 Å². The Balaban J connectivity index is 2.62. The van der Waals surface area contributed by atoms with E-state index in [0.29, 0.717) is 19.6 Å². The van der Waals surface area contributed by atoms with Crippen LogP contribution in [0.4, 0.5) is 0 Å². The summed E-state index contributed by atoms with van der Waals surface area (Å²) in [6.07, 6.45) is 0.704. The van der Waals surface area contributed by atoms with Crippen LogP contribution < -0.4 is 5.32 Å². The van der Waals surface area contributed by atoms with Crippen LogP contribution in [0.2, 0.25) is 0 Å². The quantitative estimate of drug-likeness (QED) is 0.509. The molecule has 1 N–H and O–H groups in total. The van der Waals surface area contributed by atoms with E-state index in [1.165, 1.54) is 0 Å². The molecule has 0 radical (unpaired) electrons. The van der Waals surface area contributed by atoms with E-state index >= 15 is 0 Å². The van der Waals surface area contributed by atoms with Gasteiger partial charge in [-0.1, -0.05) is 0 Å². The molecule has 112 valence electrons. The van der Waals surface area contributed by atoms with E-state index in [2.05, 4.69) is 20.8 Å². The van der Waals surface area contributed by atoms with Crippen molar-refractivity contribution < 1.29 is 19.1 Å². The van der Waals surface area contributed by atoms with Gasteiger partial charge in [0.15, 0.2) is 0 Å². The summed E-state index contributed by atoms with van der Waals surface area (Å²) in [5, 5.41) is 13.3. The number of tetrazole rings is 1. The van der Waals surface area contributed by atoms with Gasteiger partial charge in [0.25, 0.3) is 5.82 Å². The number of carbonyl (C=O) groups excluding carboxylic acids is 2. The van der Waals surface area contributed by atoms with E-state index in [9.17, 15) is 9.59 Å². The number of ether oxygens (including phenoxy) is 2. The van der Waals surface area contributed by atoms with Crippen molar-refractivity contribution in [3.05, 3.63) is 5.82 Å². The molecule has 0 aromatic carbocycles. The van der Waals surface area contributed by atoms with Gasteiger partial charge in [-0.05, 0) is 30.7 Å². The zero-order valence-corrected chi connectivity index (χ0v) is 11.8. The minimum absolute atomic E-state index is 0.0913. The first-order chi connectivity index (χ1) is 9.61. The molecule has 1 aromatic rings. The molecule has 9 heteroatoms. The lowest BCUT2D eigenvalue weighted by atomic mass is 10.3. The molecule has 1 heterocycles. The van der Waals surface area contributed by atoms with Gasteiger partial charge in [0.1, 0.15) is 6.04 Å². The van der Waals surface area contributed by atoms with E-state index in [1.54, 1.807) is 21.0 Å². The summed E-state index contributed by atoms with van der Waals surface area (Å²) >= 11 is 0. The molecule has 1 rings (SSSR count). The van der Waals surface area contributed by atoms with Crippen LogP contribution in [0.25, 0.3) is 0 Å². The SMILES string of the molecule is CCOC(=O)c1nnnn1C(C)C(=O)NCCCOC. The Kier molecular flexibility index (Phi) is 6.57. The highest BCUT2D eigenvalue weighted by Gasteiger charge is 2.24. The Morgan fingerprint density at radius 3 is 2.85 bits per heavy atom. The van der Waals surface area contributed by atoms with Crippen molar-refractivity contribution in [2.45, 2.75) is 26.3 Å². The van der Waals surface area contributed by atoms with Crippen LogP contribution in [0.5, 0.6) is 0 Å². The molecule has 0 aliphatic heterocycles. The lowest BCUT2D eigenvalue weighted by Crippen LogP contribution is -2.34. The molecule has 0 spiro atoms. The van der Waals surface area contributed by atoms with Crippen LogP contribution in [-0.2, 0) is 14.3 Å². The van der Waals surface area contributed by atoms with Gasteiger partial charge in [-0.2, -0.15) is 0 Å². The number of esters is 1. The number of rotatable bonds is 8. The third-order valence-corrected chi connectivity index (χ3v) is 2.52.